The van der Waals surface area contributed by atoms with Crippen molar-refractivity contribution in [2.45, 2.75) is 19.4 Å². The third kappa shape index (κ3) is 4.13. The maximum Gasteiger partial charge on any atom is 0.126 e. The molecule has 0 bridgehead atoms. The van der Waals surface area contributed by atoms with E-state index in [-0.39, 0.29) is 0 Å². The van der Waals surface area contributed by atoms with E-state index in [1.54, 1.807) is 6.07 Å². The first-order valence-corrected chi connectivity index (χ1v) is 7.27. The second-order valence-corrected chi connectivity index (χ2v) is 5.45. The van der Waals surface area contributed by atoms with E-state index in [2.05, 4.69) is 10.3 Å². The molecule has 1 heterocycles. The molecular formula is C15H14Cl2F2N2. The van der Waals surface area contributed by atoms with E-state index in [1.807, 2.05) is 6.92 Å². The fourth-order valence-electron chi connectivity index (χ4n) is 2.04. The number of pyridine rings is 1. The molecule has 2 nitrogen and oxygen atoms in total. The Morgan fingerprint density at radius 3 is 2.38 bits per heavy atom. The third-order valence-corrected chi connectivity index (χ3v) is 3.44. The minimum Gasteiger partial charge on any atom is -0.305 e. The Kier molecular flexibility index (Phi) is 5.51. The largest absolute Gasteiger partial charge is 0.305 e. The van der Waals surface area contributed by atoms with E-state index in [4.69, 9.17) is 23.2 Å². The van der Waals surface area contributed by atoms with Crippen LogP contribution in [0.4, 0.5) is 8.78 Å². The number of nitrogens with one attached hydrogen (secondary N) is 1. The fourth-order valence-corrected chi connectivity index (χ4v) is 2.53. The van der Waals surface area contributed by atoms with Gasteiger partial charge >= 0.3 is 0 Å². The van der Waals surface area contributed by atoms with Gasteiger partial charge in [-0.3, -0.25) is 4.98 Å². The monoisotopic (exact) mass is 330 g/mol. The number of hydrogen-bond donors (Lipinski definition) is 1. The first kappa shape index (κ1) is 16.1. The molecular weight excluding hydrogens is 317 g/mol. The molecule has 0 aliphatic heterocycles. The predicted molar refractivity (Wildman–Crippen MR) is 80.8 cm³/mol. The topological polar surface area (TPSA) is 24.9 Å². The van der Waals surface area contributed by atoms with Crippen molar-refractivity contribution < 1.29 is 8.78 Å². The van der Waals surface area contributed by atoms with Gasteiger partial charge in [0.1, 0.15) is 11.6 Å². The normalized spacial score (nSPS) is 12.4. The van der Waals surface area contributed by atoms with Gasteiger partial charge in [0, 0.05) is 12.3 Å². The number of benzene rings is 1. The van der Waals surface area contributed by atoms with Crippen molar-refractivity contribution in [3.63, 3.8) is 0 Å². The molecule has 0 aliphatic carbocycles. The molecule has 21 heavy (non-hydrogen) atoms. The molecule has 0 saturated carbocycles. The van der Waals surface area contributed by atoms with Gasteiger partial charge in [-0.25, -0.2) is 8.78 Å². The number of rotatable bonds is 5. The summed E-state index contributed by atoms with van der Waals surface area (Å²) in [5.41, 5.74) is 0.914. The molecule has 6 heteroatoms. The molecule has 0 amide bonds. The van der Waals surface area contributed by atoms with Crippen LogP contribution < -0.4 is 5.32 Å². The van der Waals surface area contributed by atoms with Crippen LogP contribution in [0.3, 0.4) is 0 Å². The molecule has 0 saturated heterocycles. The van der Waals surface area contributed by atoms with E-state index >= 15 is 0 Å². The molecule has 1 N–H and O–H groups in total. The van der Waals surface area contributed by atoms with Crippen LogP contribution in [0, 0.1) is 11.6 Å². The highest BCUT2D eigenvalue weighted by Gasteiger charge is 2.19. The quantitative estimate of drug-likeness (QED) is 0.855. The van der Waals surface area contributed by atoms with E-state index in [0.29, 0.717) is 27.8 Å². The smallest absolute Gasteiger partial charge is 0.126 e. The van der Waals surface area contributed by atoms with Crippen molar-refractivity contribution in [3.05, 3.63) is 63.4 Å². The second kappa shape index (κ2) is 7.16. The summed E-state index contributed by atoms with van der Waals surface area (Å²) in [5.74, 6) is -1.28. The average molecular weight is 331 g/mol. The second-order valence-electron chi connectivity index (χ2n) is 4.61. The van der Waals surface area contributed by atoms with E-state index in [9.17, 15) is 8.78 Å². The number of nitrogens with zero attached hydrogens (tertiary/aromatic N) is 1. The maximum absolute atomic E-state index is 13.4. The first-order valence-electron chi connectivity index (χ1n) is 6.51. The molecule has 0 radical (unpaired) electrons. The van der Waals surface area contributed by atoms with Crippen LogP contribution in [0.5, 0.6) is 0 Å². The lowest BCUT2D eigenvalue weighted by Crippen LogP contribution is -2.24. The van der Waals surface area contributed by atoms with Crippen molar-refractivity contribution in [1.29, 1.82) is 0 Å². The Morgan fingerprint density at radius 2 is 1.81 bits per heavy atom. The Balaban J connectivity index is 2.46. The lowest BCUT2D eigenvalue weighted by molar-refractivity contribution is 0.553. The Morgan fingerprint density at radius 1 is 1.14 bits per heavy atom. The molecule has 1 unspecified atom stereocenters. The van der Waals surface area contributed by atoms with E-state index in [1.165, 1.54) is 18.3 Å². The summed E-state index contributed by atoms with van der Waals surface area (Å²) < 4.78 is 26.9. The van der Waals surface area contributed by atoms with Gasteiger partial charge in [0.25, 0.3) is 0 Å². The number of aromatic nitrogens is 1. The molecule has 2 aromatic rings. The van der Waals surface area contributed by atoms with Gasteiger partial charge in [0.05, 0.1) is 21.8 Å². The number of hydrogen-bond acceptors (Lipinski definition) is 2. The van der Waals surface area contributed by atoms with Gasteiger partial charge in [0.2, 0.25) is 0 Å². The third-order valence-electron chi connectivity index (χ3n) is 2.93. The van der Waals surface area contributed by atoms with Crippen molar-refractivity contribution in [1.82, 2.24) is 10.3 Å². The summed E-state index contributed by atoms with van der Waals surface area (Å²) in [6.07, 6.45) is 2.32. The molecule has 1 aromatic carbocycles. The zero-order valence-corrected chi connectivity index (χ0v) is 12.8. The van der Waals surface area contributed by atoms with Gasteiger partial charge in [-0.05, 0) is 36.7 Å². The maximum atomic E-state index is 13.4. The van der Waals surface area contributed by atoms with Crippen molar-refractivity contribution in [2.75, 3.05) is 6.54 Å². The van der Waals surface area contributed by atoms with Crippen molar-refractivity contribution in [2.24, 2.45) is 0 Å². The minimum absolute atomic E-state index is 0.348. The Labute approximate surface area is 132 Å². The molecule has 1 atom stereocenters. The summed E-state index contributed by atoms with van der Waals surface area (Å²) in [6, 6.07) is 4.42. The fraction of sp³-hybridized carbons (Fsp3) is 0.267. The van der Waals surface area contributed by atoms with Crippen LogP contribution in [-0.4, -0.2) is 11.5 Å². The van der Waals surface area contributed by atoms with Crippen LogP contribution in [0.2, 0.25) is 10.0 Å². The van der Waals surface area contributed by atoms with E-state index in [0.717, 1.165) is 12.5 Å². The van der Waals surface area contributed by atoms with Gasteiger partial charge in [-0.15, -0.1) is 0 Å². The van der Waals surface area contributed by atoms with Gasteiger partial charge in [-0.2, -0.15) is 0 Å². The lowest BCUT2D eigenvalue weighted by atomic mass is 10.0. The van der Waals surface area contributed by atoms with Crippen molar-refractivity contribution in [3.8, 4) is 0 Å². The van der Waals surface area contributed by atoms with Crippen LogP contribution in [-0.2, 0) is 0 Å². The van der Waals surface area contributed by atoms with Gasteiger partial charge in [0.15, 0.2) is 0 Å². The standard InChI is InChI=1S/C15H14Cl2F2N2/c1-2-3-20-14(9-4-11(18)7-12(19)5-9)15-13(17)6-10(16)8-21-15/h4-8,14,20H,2-3H2,1H3. The van der Waals surface area contributed by atoms with Crippen LogP contribution in [0.25, 0.3) is 0 Å². The lowest BCUT2D eigenvalue weighted by Gasteiger charge is -2.20. The van der Waals surface area contributed by atoms with Gasteiger partial charge < -0.3 is 5.32 Å². The summed E-state index contributed by atoms with van der Waals surface area (Å²) >= 11 is 12.0. The SMILES string of the molecule is CCCNC(c1cc(F)cc(F)c1)c1ncc(Cl)cc1Cl. The van der Waals surface area contributed by atoms with Crippen molar-refractivity contribution >= 4 is 23.2 Å². The van der Waals surface area contributed by atoms with Gasteiger partial charge in [-0.1, -0.05) is 30.1 Å². The first-order chi connectivity index (χ1) is 10.0. The number of halogens is 4. The summed E-state index contributed by atoms with van der Waals surface area (Å²) in [6.45, 7) is 2.65. The molecule has 1 aromatic heterocycles. The predicted octanol–water partition coefficient (Wildman–Crippen LogP) is 4.76. The summed E-state index contributed by atoms with van der Waals surface area (Å²) in [5, 5.41) is 3.95. The van der Waals surface area contributed by atoms with Crippen LogP contribution in [0.1, 0.15) is 30.6 Å². The summed E-state index contributed by atoms with van der Waals surface area (Å²) in [4.78, 5) is 4.20. The molecule has 112 valence electrons. The van der Waals surface area contributed by atoms with Crippen LogP contribution in [0.15, 0.2) is 30.5 Å². The molecule has 2 rings (SSSR count). The zero-order valence-electron chi connectivity index (χ0n) is 11.3. The van der Waals surface area contributed by atoms with Crippen LogP contribution >= 0.6 is 23.2 Å². The highest BCUT2D eigenvalue weighted by Crippen LogP contribution is 2.29. The minimum atomic E-state index is -0.640. The molecule has 0 aliphatic rings. The average Bonchev–Trinajstić information content (AvgIpc) is 2.40. The molecule has 0 fully saturated rings. The molecule has 0 spiro atoms. The van der Waals surface area contributed by atoms with E-state index < -0.39 is 17.7 Å². The highest BCUT2D eigenvalue weighted by molar-refractivity contribution is 6.34. The summed E-state index contributed by atoms with van der Waals surface area (Å²) in [7, 11) is 0. The zero-order chi connectivity index (χ0) is 15.4. The Hall–Kier alpha value is -1.23. The Bertz CT molecular complexity index is 615. The highest BCUT2D eigenvalue weighted by atomic mass is 35.5.